The first-order chi connectivity index (χ1) is 11.3. The Hall–Kier alpha value is -2.54. The second-order valence-electron chi connectivity index (χ2n) is 5.26. The minimum absolute atomic E-state index is 0.0739. The average molecular weight is 316 g/mol. The van der Waals surface area contributed by atoms with Crippen molar-refractivity contribution >= 4 is 6.03 Å². The number of amides is 2. The molecule has 1 saturated heterocycles. The summed E-state index contributed by atoms with van der Waals surface area (Å²) >= 11 is 0. The molecule has 7 heteroatoms. The number of hydrogen-bond donors (Lipinski definition) is 2. The highest BCUT2D eigenvalue weighted by molar-refractivity contribution is 5.74. The van der Waals surface area contributed by atoms with Gasteiger partial charge in [0.1, 0.15) is 5.75 Å². The number of hydrogen-bond acceptors (Lipinski definition) is 4. The van der Waals surface area contributed by atoms with Crippen molar-refractivity contribution in [3.05, 3.63) is 36.0 Å². The van der Waals surface area contributed by atoms with Crippen LogP contribution in [0.2, 0.25) is 0 Å². The van der Waals surface area contributed by atoms with Crippen LogP contribution in [0.4, 0.5) is 4.79 Å². The number of rotatable bonds is 4. The zero-order valence-electron chi connectivity index (χ0n) is 13.0. The van der Waals surface area contributed by atoms with Crippen molar-refractivity contribution in [1.82, 2.24) is 20.4 Å². The number of urea groups is 1. The summed E-state index contributed by atoms with van der Waals surface area (Å²) in [4.78, 5) is 13.9. The van der Waals surface area contributed by atoms with E-state index in [0.717, 1.165) is 22.6 Å². The molecule has 122 valence electrons. The molecule has 1 aliphatic rings. The molecule has 0 spiro atoms. The number of nitrogens with one attached hydrogen (secondary N) is 2. The zero-order chi connectivity index (χ0) is 16.1. The van der Waals surface area contributed by atoms with Crippen molar-refractivity contribution in [2.75, 3.05) is 33.4 Å². The fourth-order valence-corrected chi connectivity index (χ4v) is 2.50. The number of carbonyl (C=O) groups is 1. The maximum atomic E-state index is 12.1. The smallest absolute Gasteiger partial charge is 0.317 e. The van der Waals surface area contributed by atoms with E-state index in [4.69, 9.17) is 9.47 Å². The first-order valence-electron chi connectivity index (χ1n) is 7.55. The monoisotopic (exact) mass is 316 g/mol. The molecule has 1 aromatic heterocycles. The topological polar surface area (TPSA) is 79.5 Å². The summed E-state index contributed by atoms with van der Waals surface area (Å²) < 4.78 is 10.4. The van der Waals surface area contributed by atoms with Crippen molar-refractivity contribution < 1.29 is 14.3 Å². The van der Waals surface area contributed by atoms with E-state index >= 15 is 0 Å². The van der Waals surface area contributed by atoms with Crippen molar-refractivity contribution in [1.29, 1.82) is 0 Å². The molecule has 2 heterocycles. The Morgan fingerprint density at radius 1 is 1.35 bits per heavy atom. The van der Waals surface area contributed by atoms with Gasteiger partial charge in [0.2, 0.25) is 0 Å². The molecule has 2 aromatic rings. The van der Waals surface area contributed by atoms with Crippen LogP contribution in [0.1, 0.15) is 5.56 Å². The quantitative estimate of drug-likeness (QED) is 0.898. The highest BCUT2D eigenvalue weighted by Gasteiger charge is 2.17. The standard InChI is InChI=1S/C16H20N4O3/c1-22-14-4-2-12(3-5-14)15-13(11-18-19-15)10-17-16(21)20-6-8-23-9-7-20/h2-5,11H,6-10H2,1H3,(H,17,21)(H,18,19). The van der Waals surface area contributed by atoms with Gasteiger partial charge in [-0.1, -0.05) is 0 Å². The lowest BCUT2D eigenvalue weighted by Gasteiger charge is -2.26. The highest BCUT2D eigenvalue weighted by Crippen LogP contribution is 2.23. The fourth-order valence-electron chi connectivity index (χ4n) is 2.50. The molecule has 7 nitrogen and oxygen atoms in total. The number of morpholine rings is 1. The van der Waals surface area contributed by atoms with Gasteiger partial charge < -0.3 is 19.7 Å². The Kier molecular flexibility index (Phi) is 4.77. The van der Waals surface area contributed by atoms with Crippen molar-refractivity contribution in [2.24, 2.45) is 0 Å². The number of H-pyrrole nitrogens is 1. The largest absolute Gasteiger partial charge is 0.497 e. The fraction of sp³-hybridized carbons (Fsp3) is 0.375. The van der Waals surface area contributed by atoms with E-state index in [0.29, 0.717) is 32.8 Å². The normalized spacial score (nSPS) is 14.6. The first kappa shape index (κ1) is 15.4. The van der Waals surface area contributed by atoms with E-state index < -0.39 is 0 Å². The minimum atomic E-state index is -0.0739. The van der Waals surface area contributed by atoms with E-state index in [2.05, 4.69) is 15.5 Å². The zero-order valence-corrected chi connectivity index (χ0v) is 13.0. The molecular formula is C16H20N4O3. The summed E-state index contributed by atoms with van der Waals surface area (Å²) in [6.07, 6.45) is 1.74. The number of benzene rings is 1. The van der Waals surface area contributed by atoms with Gasteiger partial charge in [-0.2, -0.15) is 5.10 Å². The lowest BCUT2D eigenvalue weighted by molar-refractivity contribution is 0.0531. The average Bonchev–Trinajstić information content (AvgIpc) is 3.09. The number of methoxy groups -OCH3 is 1. The molecule has 0 radical (unpaired) electrons. The number of nitrogens with zero attached hydrogens (tertiary/aromatic N) is 2. The molecule has 0 saturated carbocycles. The van der Waals surface area contributed by atoms with Gasteiger partial charge in [-0.25, -0.2) is 4.79 Å². The van der Waals surface area contributed by atoms with Crippen LogP contribution in [0, 0.1) is 0 Å². The number of carbonyl (C=O) groups excluding carboxylic acids is 1. The molecule has 3 rings (SSSR count). The molecule has 1 fully saturated rings. The minimum Gasteiger partial charge on any atom is -0.497 e. The SMILES string of the molecule is COc1ccc(-c2[nH]ncc2CNC(=O)N2CCOCC2)cc1. The van der Waals surface area contributed by atoms with Crippen molar-refractivity contribution in [3.63, 3.8) is 0 Å². The lowest BCUT2D eigenvalue weighted by atomic mass is 10.1. The van der Waals surface area contributed by atoms with E-state index in [1.165, 1.54) is 0 Å². The summed E-state index contributed by atoms with van der Waals surface area (Å²) in [5, 5.41) is 10.0. The third-order valence-corrected chi connectivity index (χ3v) is 3.82. The van der Waals surface area contributed by atoms with Gasteiger partial charge in [-0.15, -0.1) is 0 Å². The van der Waals surface area contributed by atoms with E-state index in [-0.39, 0.29) is 6.03 Å². The Labute approximate surface area is 134 Å². The van der Waals surface area contributed by atoms with Crippen LogP contribution in [0.25, 0.3) is 11.3 Å². The summed E-state index contributed by atoms with van der Waals surface area (Å²) in [7, 11) is 1.64. The number of ether oxygens (including phenoxy) is 2. The van der Waals surface area contributed by atoms with Gasteiger partial charge in [-0.05, 0) is 24.3 Å². The van der Waals surface area contributed by atoms with Crippen LogP contribution in [0.15, 0.2) is 30.5 Å². The van der Waals surface area contributed by atoms with E-state index in [1.807, 2.05) is 24.3 Å². The molecule has 2 N–H and O–H groups in total. The molecule has 1 aliphatic heterocycles. The Morgan fingerprint density at radius 2 is 2.09 bits per heavy atom. The second-order valence-corrected chi connectivity index (χ2v) is 5.26. The third-order valence-electron chi connectivity index (χ3n) is 3.82. The maximum Gasteiger partial charge on any atom is 0.317 e. The Bertz CT molecular complexity index is 648. The maximum absolute atomic E-state index is 12.1. The van der Waals surface area contributed by atoms with Crippen molar-refractivity contribution in [3.8, 4) is 17.0 Å². The Morgan fingerprint density at radius 3 is 2.78 bits per heavy atom. The number of aromatic amines is 1. The van der Waals surface area contributed by atoms with Gasteiger partial charge in [-0.3, -0.25) is 5.10 Å². The number of aromatic nitrogens is 2. The van der Waals surface area contributed by atoms with Crippen LogP contribution < -0.4 is 10.1 Å². The molecule has 2 amide bonds. The molecule has 0 atom stereocenters. The molecule has 0 bridgehead atoms. The highest BCUT2D eigenvalue weighted by atomic mass is 16.5. The molecule has 0 aliphatic carbocycles. The second kappa shape index (κ2) is 7.15. The van der Waals surface area contributed by atoms with Gasteiger partial charge in [0.25, 0.3) is 0 Å². The summed E-state index contributed by atoms with van der Waals surface area (Å²) in [5.74, 6) is 0.801. The summed E-state index contributed by atoms with van der Waals surface area (Å²) in [6, 6.07) is 7.63. The molecule has 0 unspecified atom stereocenters. The summed E-state index contributed by atoms with van der Waals surface area (Å²) in [5.41, 5.74) is 2.84. The van der Waals surface area contributed by atoms with Crippen molar-refractivity contribution in [2.45, 2.75) is 6.54 Å². The summed E-state index contributed by atoms with van der Waals surface area (Å²) in [6.45, 7) is 2.87. The first-order valence-corrected chi connectivity index (χ1v) is 7.55. The van der Waals surface area contributed by atoms with Gasteiger partial charge in [0, 0.05) is 30.8 Å². The van der Waals surface area contributed by atoms with Gasteiger partial charge in [0.05, 0.1) is 32.2 Å². The van der Waals surface area contributed by atoms with Crippen LogP contribution in [0.5, 0.6) is 5.75 Å². The predicted octanol–water partition coefficient (Wildman–Crippen LogP) is 1.63. The van der Waals surface area contributed by atoms with Gasteiger partial charge >= 0.3 is 6.03 Å². The van der Waals surface area contributed by atoms with Crippen LogP contribution in [0.3, 0.4) is 0 Å². The van der Waals surface area contributed by atoms with E-state index in [9.17, 15) is 4.79 Å². The third kappa shape index (κ3) is 3.62. The predicted molar refractivity (Wildman–Crippen MR) is 85.2 cm³/mol. The molecule has 23 heavy (non-hydrogen) atoms. The van der Waals surface area contributed by atoms with Crippen LogP contribution in [-0.2, 0) is 11.3 Å². The van der Waals surface area contributed by atoms with Crippen LogP contribution >= 0.6 is 0 Å². The molecular weight excluding hydrogens is 296 g/mol. The molecule has 1 aromatic carbocycles. The van der Waals surface area contributed by atoms with E-state index in [1.54, 1.807) is 18.2 Å². The lowest BCUT2D eigenvalue weighted by Crippen LogP contribution is -2.45. The van der Waals surface area contributed by atoms with Gasteiger partial charge in [0.15, 0.2) is 0 Å². The van der Waals surface area contributed by atoms with Crippen LogP contribution in [-0.4, -0.2) is 54.5 Å². The Balaban J connectivity index is 1.64.